The van der Waals surface area contributed by atoms with Gasteiger partial charge < -0.3 is 56.8 Å². The van der Waals surface area contributed by atoms with E-state index in [1.165, 1.54) is 27.7 Å². The normalized spacial score (nSPS) is 16.1. The fourth-order valence-electron chi connectivity index (χ4n) is 9.17. The van der Waals surface area contributed by atoms with E-state index in [0.717, 1.165) is 0 Å². The maximum absolute atomic E-state index is 12.3. The zero-order valence-corrected chi connectivity index (χ0v) is 41.1. The van der Waals surface area contributed by atoms with E-state index in [4.69, 9.17) is 56.8 Å². The van der Waals surface area contributed by atoms with Gasteiger partial charge in [-0.2, -0.15) is 0 Å². The Labute approximate surface area is 398 Å². The quantitative estimate of drug-likeness (QED) is 0.0608. The Morgan fingerprint density at radius 1 is 0.294 bits per heavy atom. The highest BCUT2D eigenvalue weighted by molar-refractivity contribution is 5.68. The number of methoxy groups -OCH3 is 8. The number of hydrogen-bond acceptors (Lipinski definition) is 16. The number of carbonyl (C=O) groups excluding carboxylic acids is 4. The van der Waals surface area contributed by atoms with Gasteiger partial charge in [-0.05, 0) is 49.9 Å². The summed E-state index contributed by atoms with van der Waals surface area (Å²) in [5.74, 6) is -0.318. The van der Waals surface area contributed by atoms with Crippen molar-refractivity contribution < 1.29 is 76.0 Å². The summed E-state index contributed by atoms with van der Waals surface area (Å²) in [5, 5.41) is 0. The second-order valence-electron chi connectivity index (χ2n) is 16.1. The average molecular weight is 945 g/mol. The van der Waals surface area contributed by atoms with Crippen LogP contribution in [0.4, 0.5) is 0 Å². The summed E-state index contributed by atoms with van der Waals surface area (Å²) in [4.78, 5) is 49.3. The summed E-state index contributed by atoms with van der Waals surface area (Å²) >= 11 is 0. The van der Waals surface area contributed by atoms with E-state index in [2.05, 4.69) is 0 Å². The molecular formula is C52H64O16. The molecule has 0 spiro atoms. The molecule has 0 N–H and O–H groups in total. The van der Waals surface area contributed by atoms with Crippen molar-refractivity contribution in [1.29, 1.82) is 0 Å². The summed E-state index contributed by atoms with van der Waals surface area (Å²) < 4.78 is 71.7. The van der Waals surface area contributed by atoms with Gasteiger partial charge >= 0.3 is 23.9 Å². The molecule has 0 aromatic heterocycles. The maximum atomic E-state index is 12.3. The van der Waals surface area contributed by atoms with E-state index >= 15 is 0 Å². The molecule has 68 heavy (non-hydrogen) atoms. The second kappa shape index (κ2) is 24.3. The lowest BCUT2D eigenvalue weighted by atomic mass is 9.77. The molecule has 16 nitrogen and oxygen atoms in total. The van der Waals surface area contributed by atoms with Crippen LogP contribution in [-0.2, 0) is 38.1 Å². The van der Waals surface area contributed by atoms with E-state index < -0.39 is 47.5 Å². The number of esters is 4. The van der Waals surface area contributed by atoms with Gasteiger partial charge in [0.05, 0.1) is 83.3 Å². The van der Waals surface area contributed by atoms with E-state index in [9.17, 15) is 19.2 Å². The smallest absolute Gasteiger partial charge is 0.302 e. The van der Waals surface area contributed by atoms with E-state index in [-0.39, 0.29) is 52.1 Å². The fourth-order valence-corrected chi connectivity index (χ4v) is 9.17. The molecule has 4 aromatic carbocycles. The second-order valence-corrected chi connectivity index (χ2v) is 16.1. The number of carbonyl (C=O) groups is 4. The lowest BCUT2D eigenvalue weighted by Crippen LogP contribution is -2.17. The van der Waals surface area contributed by atoms with Gasteiger partial charge in [0.2, 0.25) is 0 Å². The minimum atomic E-state index is -0.572. The first-order chi connectivity index (χ1) is 32.7. The summed E-state index contributed by atoms with van der Waals surface area (Å²) in [7, 11) is 12.5. The minimum Gasteiger partial charge on any atom is -0.496 e. The predicted octanol–water partition coefficient (Wildman–Crippen LogP) is 8.41. The van der Waals surface area contributed by atoms with Gasteiger partial charge in [-0.25, -0.2) is 0 Å². The Kier molecular flexibility index (Phi) is 18.6. The monoisotopic (exact) mass is 944 g/mol. The van der Waals surface area contributed by atoms with Gasteiger partial charge in [-0.1, -0.05) is 0 Å². The molecule has 0 aliphatic heterocycles. The molecule has 1 aliphatic carbocycles. The van der Waals surface area contributed by atoms with Crippen molar-refractivity contribution in [1.82, 2.24) is 0 Å². The van der Waals surface area contributed by atoms with Gasteiger partial charge in [0.1, 0.15) is 46.0 Å². The summed E-state index contributed by atoms with van der Waals surface area (Å²) in [5.41, 5.74) is 5.57. The van der Waals surface area contributed by atoms with Crippen LogP contribution in [0.2, 0.25) is 0 Å². The highest BCUT2D eigenvalue weighted by Gasteiger charge is 2.35. The van der Waals surface area contributed by atoms with Crippen molar-refractivity contribution in [3.05, 3.63) is 93.0 Å². The molecule has 1 aliphatic rings. The Bertz CT molecular complexity index is 1980. The van der Waals surface area contributed by atoms with Crippen molar-refractivity contribution in [3.8, 4) is 46.0 Å². The van der Waals surface area contributed by atoms with E-state index in [1.54, 1.807) is 56.9 Å². The molecule has 0 heterocycles. The van der Waals surface area contributed by atoms with Crippen molar-refractivity contribution in [3.63, 3.8) is 0 Å². The first kappa shape index (κ1) is 52.1. The average Bonchev–Trinajstić information content (AvgIpc) is 3.32. The molecule has 4 aromatic rings. The highest BCUT2D eigenvalue weighted by atomic mass is 16.5. The van der Waals surface area contributed by atoms with Crippen molar-refractivity contribution in [2.45, 2.75) is 77.0 Å². The Morgan fingerprint density at radius 3 is 0.559 bits per heavy atom. The summed E-state index contributed by atoms with van der Waals surface area (Å²) in [6.07, 6.45) is 1.10. The largest absolute Gasteiger partial charge is 0.496 e. The Morgan fingerprint density at radius 2 is 0.441 bits per heavy atom. The molecule has 0 amide bonds. The first-order valence-corrected chi connectivity index (χ1v) is 22.2. The van der Waals surface area contributed by atoms with Crippen molar-refractivity contribution in [2.24, 2.45) is 0 Å². The van der Waals surface area contributed by atoms with Crippen LogP contribution in [0, 0.1) is 0 Å². The number of hydrogen-bond donors (Lipinski definition) is 0. The molecule has 0 saturated heterocycles. The molecular weight excluding hydrogens is 881 g/mol. The van der Waals surface area contributed by atoms with Crippen LogP contribution in [0.5, 0.6) is 46.0 Å². The van der Waals surface area contributed by atoms with Gasteiger partial charge in [-0.15, -0.1) is 0 Å². The number of rotatable bonds is 20. The lowest BCUT2D eigenvalue weighted by molar-refractivity contribution is -0.142. The van der Waals surface area contributed by atoms with Crippen molar-refractivity contribution in [2.75, 3.05) is 83.3 Å². The number of ether oxygens (including phenoxy) is 12. The summed E-state index contributed by atoms with van der Waals surface area (Å²) in [6.45, 7) is 5.53. The minimum absolute atomic E-state index is 0.0286. The zero-order chi connectivity index (χ0) is 49.7. The van der Waals surface area contributed by atoms with Gasteiger partial charge in [0, 0.05) is 120 Å². The molecule has 0 fully saturated rings. The number of fused-ring (bicyclic) bond motifs is 8. The standard InChI is InChI=1S/C52H64O16/c1-29(53)65-17-13-33-37-21-39(47(59-7)25-45(37)57-5)34(14-18-66-30(2)54)41-23-43(51(63-11)27-49(41)61-9)36(16-20-68-32(4)56)44-24-42(50(62-10)28-52(44)64-12)35(15-19-67-31(3)55)40-22-38(33)46(58-6)26-48(40)60-8/h21-28,33-36H,13-20H2,1-12H3. The summed E-state index contributed by atoms with van der Waals surface area (Å²) in [6, 6.07) is 15.2. The van der Waals surface area contributed by atoms with Gasteiger partial charge in [0.25, 0.3) is 0 Å². The number of benzene rings is 4. The van der Waals surface area contributed by atoms with Crippen LogP contribution in [0.3, 0.4) is 0 Å². The third kappa shape index (κ3) is 12.0. The van der Waals surface area contributed by atoms with Gasteiger partial charge in [-0.3, -0.25) is 19.2 Å². The molecule has 0 atom stereocenters. The Hall–Kier alpha value is -6.84. The Balaban J connectivity index is 2.08. The topological polar surface area (TPSA) is 179 Å². The lowest BCUT2D eigenvalue weighted by Gasteiger charge is -2.31. The first-order valence-electron chi connectivity index (χ1n) is 22.2. The molecule has 368 valence electrons. The van der Waals surface area contributed by atoms with Crippen molar-refractivity contribution >= 4 is 23.9 Å². The van der Waals surface area contributed by atoms with Crippen LogP contribution in [0.1, 0.15) is 122 Å². The third-order valence-corrected chi connectivity index (χ3v) is 12.2. The fraction of sp³-hybridized carbons (Fsp3) is 0.462. The molecule has 5 rings (SSSR count). The maximum Gasteiger partial charge on any atom is 0.302 e. The van der Waals surface area contributed by atoms with E-state index in [0.29, 0.717) is 90.5 Å². The molecule has 16 heteroatoms. The SMILES string of the molecule is COc1cc(OC)c2cc1C(CCOC(C)=O)c1cc(c(OC)cc1OC)C(CCOC(C)=O)c1cc(c(OC)cc1OC)C(CCOC(C)=O)c1cc(c(OC)cc1OC)C2CCOC(C)=O. The van der Waals surface area contributed by atoms with E-state index in [1.807, 2.05) is 48.5 Å². The van der Waals surface area contributed by atoms with Crippen LogP contribution in [-0.4, -0.2) is 107 Å². The van der Waals surface area contributed by atoms with Gasteiger partial charge in [0.15, 0.2) is 0 Å². The predicted molar refractivity (Wildman–Crippen MR) is 251 cm³/mol. The molecule has 0 saturated carbocycles. The molecule has 8 bridgehead atoms. The molecule has 0 radical (unpaired) electrons. The third-order valence-electron chi connectivity index (χ3n) is 12.2. The highest BCUT2D eigenvalue weighted by Crippen LogP contribution is 2.52. The van der Waals surface area contributed by atoms with Crippen LogP contribution in [0.25, 0.3) is 0 Å². The van der Waals surface area contributed by atoms with Crippen LogP contribution >= 0.6 is 0 Å². The molecule has 0 unspecified atom stereocenters. The van der Waals surface area contributed by atoms with Crippen LogP contribution in [0.15, 0.2) is 48.5 Å². The van der Waals surface area contributed by atoms with Crippen LogP contribution < -0.4 is 37.9 Å². The zero-order valence-electron chi connectivity index (χ0n) is 41.1.